The van der Waals surface area contributed by atoms with Gasteiger partial charge in [0.15, 0.2) is 23.0 Å². The lowest BCUT2D eigenvalue weighted by Gasteiger charge is -2.37. The van der Waals surface area contributed by atoms with Crippen LogP contribution in [0.15, 0.2) is 146 Å². The van der Waals surface area contributed by atoms with Crippen LogP contribution in [0.5, 0.6) is 34.5 Å². The van der Waals surface area contributed by atoms with Crippen LogP contribution in [0, 0.1) is 0 Å². The predicted molar refractivity (Wildman–Crippen MR) is 299 cm³/mol. The van der Waals surface area contributed by atoms with Crippen LogP contribution in [0.3, 0.4) is 0 Å². The Morgan fingerprint density at radius 3 is 1.52 bits per heavy atom. The first-order valence-corrected chi connectivity index (χ1v) is 27.1. The Balaban J connectivity index is 0.000000191. The highest BCUT2D eigenvalue weighted by Crippen LogP contribution is 2.34. The lowest BCUT2D eigenvalue weighted by Crippen LogP contribution is -2.49. The van der Waals surface area contributed by atoms with E-state index in [0.717, 1.165) is 105 Å². The summed E-state index contributed by atoms with van der Waals surface area (Å²) in [6.45, 7) is 13.2. The number of likely N-dealkylation sites (tertiary alicyclic amines) is 2. The second-order valence-electron chi connectivity index (χ2n) is 21.4. The molecule has 6 aromatic rings. The van der Waals surface area contributed by atoms with Crippen molar-refractivity contribution in [3.05, 3.63) is 179 Å². The highest BCUT2D eigenvalue weighted by atomic mass is 16.6. The molecule has 14 heteroatoms. The number of para-hydroxylation sites is 4. The van der Waals surface area contributed by atoms with Crippen molar-refractivity contribution in [2.24, 2.45) is 0 Å². The van der Waals surface area contributed by atoms with Gasteiger partial charge in [0.1, 0.15) is 17.1 Å². The smallest absolute Gasteiger partial charge is 0.410 e. The molecule has 2 atom stereocenters. The molecular formula is C63H74N6O8. The molecule has 3 amide bonds. The number of amides is 3. The van der Waals surface area contributed by atoms with E-state index < -0.39 is 11.5 Å². The molecule has 77 heavy (non-hydrogen) atoms. The van der Waals surface area contributed by atoms with Crippen LogP contribution in [0.25, 0.3) is 0 Å². The van der Waals surface area contributed by atoms with Crippen LogP contribution in [0.2, 0.25) is 0 Å². The molecule has 0 bridgehead atoms. The van der Waals surface area contributed by atoms with E-state index in [1.807, 2.05) is 130 Å². The summed E-state index contributed by atoms with van der Waals surface area (Å²) in [5.74, 6) is 3.96. The zero-order valence-electron chi connectivity index (χ0n) is 45.2. The highest BCUT2D eigenvalue weighted by molar-refractivity contribution is 5.86. The van der Waals surface area contributed by atoms with Gasteiger partial charge in [-0.1, -0.05) is 97.1 Å². The summed E-state index contributed by atoms with van der Waals surface area (Å²) >= 11 is 0. The van der Waals surface area contributed by atoms with Gasteiger partial charge in [-0.25, -0.2) is 4.79 Å². The van der Waals surface area contributed by atoms with Gasteiger partial charge in [0.25, 0.3) is 0 Å². The van der Waals surface area contributed by atoms with E-state index in [1.165, 1.54) is 16.7 Å². The summed E-state index contributed by atoms with van der Waals surface area (Å²) in [5, 5.41) is 10.00. The molecule has 404 valence electrons. The molecule has 2 unspecified atom stereocenters. The van der Waals surface area contributed by atoms with Crippen molar-refractivity contribution >= 4 is 17.9 Å². The highest BCUT2D eigenvalue weighted by Gasteiger charge is 2.36. The third-order valence-corrected chi connectivity index (χ3v) is 14.6. The topological polar surface area (TPSA) is 143 Å². The normalized spacial score (nSPS) is 18.1. The number of ether oxygens (including phenoxy) is 5. The van der Waals surface area contributed by atoms with E-state index in [4.69, 9.17) is 23.7 Å². The van der Waals surface area contributed by atoms with Gasteiger partial charge in [-0.15, -0.1) is 0 Å². The number of benzene rings is 6. The number of rotatable bonds is 14. The quantitative estimate of drug-likeness (QED) is 0.0959. The summed E-state index contributed by atoms with van der Waals surface area (Å²) in [4.78, 5) is 46.0. The summed E-state index contributed by atoms with van der Waals surface area (Å²) in [7, 11) is 3.28. The molecule has 4 aliphatic heterocycles. The third-order valence-electron chi connectivity index (χ3n) is 14.6. The molecular weight excluding hydrogens is 969 g/mol. The fourth-order valence-electron chi connectivity index (χ4n) is 10.7. The van der Waals surface area contributed by atoms with Crippen LogP contribution in [0.4, 0.5) is 4.79 Å². The monoisotopic (exact) mass is 1040 g/mol. The number of methoxy groups -OCH3 is 2. The number of nitrogens with zero attached hydrogens (tertiary/aromatic N) is 3. The zero-order valence-corrected chi connectivity index (χ0v) is 45.2. The molecule has 4 heterocycles. The first-order valence-electron chi connectivity index (χ1n) is 27.1. The maximum absolute atomic E-state index is 13.6. The Bertz CT molecular complexity index is 2940. The van der Waals surface area contributed by atoms with E-state index in [0.29, 0.717) is 36.9 Å². The molecule has 6 aromatic carbocycles. The number of hydrogen-bond donors (Lipinski definition) is 3. The van der Waals surface area contributed by atoms with Crippen molar-refractivity contribution in [1.29, 1.82) is 0 Å². The molecule has 3 N–H and O–H groups in total. The number of carbonyl (C=O) groups is 3. The average Bonchev–Trinajstić information content (AvgIpc) is 3.44. The third kappa shape index (κ3) is 14.8. The molecule has 4 aliphatic rings. The Labute approximate surface area is 454 Å². The van der Waals surface area contributed by atoms with Crippen molar-refractivity contribution in [1.82, 2.24) is 30.7 Å². The molecule has 0 radical (unpaired) electrons. The molecule has 2 saturated heterocycles. The fraction of sp³-hybridized carbons (Fsp3) is 0.381. The van der Waals surface area contributed by atoms with Crippen molar-refractivity contribution < 1.29 is 38.1 Å². The lowest BCUT2D eigenvalue weighted by atomic mass is 9.88. The second-order valence-corrected chi connectivity index (χ2v) is 21.4. The minimum Gasteiger partial charge on any atom is -0.493 e. The first-order chi connectivity index (χ1) is 37.4. The van der Waals surface area contributed by atoms with Crippen molar-refractivity contribution in [2.75, 3.05) is 53.5 Å². The Morgan fingerprint density at radius 2 is 1.01 bits per heavy atom. The van der Waals surface area contributed by atoms with Crippen LogP contribution >= 0.6 is 0 Å². The molecule has 2 fully saturated rings. The number of carbonyl (C=O) groups excluding carboxylic acids is 3. The maximum atomic E-state index is 13.6. The molecule has 0 aromatic heterocycles. The minimum atomic E-state index is -0.594. The summed E-state index contributed by atoms with van der Waals surface area (Å²) in [5.41, 5.74) is 6.16. The SMILES string of the molecule is COc1ccccc1Oc1cccc(CN2CCC(NC(=O)C3CN(C(=O)OC(C)(C)C)Cc4ccccc43)CC2)c1.COc1ccccc1Oc1cccc(CN2CCC(NC(=O)C3CNCc4ccccc43)CC2)c1. The maximum Gasteiger partial charge on any atom is 0.410 e. The van der Waals surface area contributed by atoms with Gasteiger partial charge in [0, 0.05) is 77.5 Å². The van der Waals surface area contributed by atoms with E-state index in [2.05, 4.69) is 62.1 Å². The molecule has 0 aliphatic carbocycles. The Morgan fingerprint density at radius 1 is 0.558 bits per heavy atom. The summed E-state index contributed by atoms with van der Waals surface area (Å²) in [6, 6.07) is 48.1. The van der Waals surface area contributed by atoms with Crippen LogP contribution in [-0.2, 0) is 40.5 Å². The largest absolute Gasteiger partial charge is 0.493 e. The van der Waals surface area contributed by atoms with Gasteiger partial charge < -0.3 is 44.5 Å². The number of fused-ring (bicyclic) bond motifs is 2. The number of piperidine rings is 2. The molecule has 0 saturated carbocycles. The van der Waals surface area contributed by atoms with Gasteiger partial charge in [0.2, 0.25) is 11.8 Å². The molecule has 14 nitrogen and oxygen atoms in total. The molecule has 0 spiro atoms. The van der Waals surface area contributed by atoms with Crippen LogP contribution in [0.1, 0.15) is 91.7 Å². The van der Waals surface area contributed by atoms with Gasteiger partial charge >= 0.3 is 6.09 Å². The van der Waals surface area contributed by atoms with Crippen molar-refractivity contribution in [3.63, 3.8) is 0 Å². The van der Waals surface area contributed by atoms with Gasteiger partial charge in [-0.2, -0.15) is 0 Å². The van der Waals surface area contributed by atoms with E-state index in [9.17, 15) is 14.4 Å². The average molecular weight is 1040 g/mol. The molecule has 10 rings (SSSR count). The predicted octanol–water partition coefficient (Wildman–Crippen LogP) is 10.6. The van der Waals surface area contributed by atoms with E-state index in [1.54, 1.807) is 19.1 Å². The van der Waals surface area contributed by atoms with Gasteiger partial charge in [0.05, 0.1) is 26.1 Å². The first kappa shape index (κ1) is 54.4. The van der Waals surface area contributed by atoms with Crippen LogP contribution in [-0.4, -0.2) is 104 Å². The van der Waals surface area contributed by atoms with Crippen LogP contribution < -0.4 is 34.9 Å². The van der Waals surface area contributed by atoms with E-state index >= 15 is 0 Å². The van der Waals surface area contributed by atoms with Crippen molar-refractivity contribution in [2.45, 2.75) is 102 Å². The number of nitrogens with one attached hydrogen (secondary N) is 3. The minimum absolute atomic E-state index is 0.0321. The van der Waals surface area contributed by atoms with Gasteiger partial charge in [-0.05, 0) is 128 Å². The van der Waals surface area contributed by atoms with Gasteiger partial charge in [-0.3, -0.25) is 19.4 Å². The lowest BCUT2D eigenvalue weighted by molar-refractivity contribution is -0.124. The standard InChI is InChI=1S/C34H41N3O5.C29H33N3O3/c1-34(2,3)42-33(39)37-22-25-11-5-6-13-28(25)29(23-37)32(38)35-26-16-18-36(19-17-26)21-24-10-9-12-27(20-24)41-31-15-8-7-14-30(31)40-4;1-34-27-11-4-5-12-28(27)35-24-9-6-7-21(17-24)20-32-15-13-23(14-16-32)31-29(33)26-19-30-18-22-8-2-3-10-25(22)26/h5-15,20,26,29H,16-19,21-23H2,1-4H3,(H,35,38);2-12,17,23,26,30H,13-16,18-20H2,1H3,(H,31,33). The zero-order chi connectivity index (χ0) is 53.7. The summed E-state index contributed by atoms with van der Waals surface area (Å²) < 4.78 is 28.6. The fourth-order valence-corrected chi connectivity index (χ4v) is 10.7. The summed E-state index contributed by atoms with van der Waals surface area (Å²) in [6.07, 6.45) is 3.27. The second kappa shape index (κ2) is 25.6. The van der Waals surface area contributed by atoms with Crippen molar-refractivity contribution in [3.8, 4) is 34.5 Å². The number of hydrogen-bond acceptors (Lipinski definition) is 11. The van der Waals surface area contributed by atoms with E-state index in [-0.39, 0.29) is 35.9 Å². The Kier molecular flexibility index (Phi) is 18.1. The Hall–Kier alpha value is -7.39.